The number of aromatic nitrogens is 3. The number of hydrogen-bond acceptors (Lipinski definition) is 5. The van der Waals surface area contributed by atoms with Crippen LogP contribution in [-0.4, -0.2) is 33.3 Å². The number of guanidine groups is 1. The van der Waals surface area contributed by atoms with E-state index in [4.69, 9.17) is 9.15 Å². The maximum absolute atomic E-state index is 6.13. The minimum Gasteiger partial charge on any atom is -0.487 e. The van der Waals surface area contributed by atoms with Gasteiger partial charge < -0.3 is 19.8 Å². The number of para-hydroxylation sites is 1. The zero-order valence-electron chi connectivity index (χ0n) is 17.3. The molecule has 9 heteroatoms. The molecule has 0 radical (unpaired) electrons. The van der Waals surface area contributed by atoms with Crippen molar-refractivity contribution in [3.8, 4) is 17.3 Å². The molecule has 3 heterocycles. The summed E-state index contributed by atoms with van der Waals surface area (Å²) in [5.41, 5.74) is 0.879. The third-order valence-corrected chi connectivity index (χ3v) is 4.69. The van der Waals surface area contributed by atoms with Crippen molar-refractivity contribution >= 4 is 29.9 Å². The van der Waals surface area contributed by atoms with Crippen LogP contribution in [0.2, 0.25) is 0 Å². The fraction of sp³-hybridized carbons (Fsp3) is 0.381. The third-order valence-electron chi connectivity index (χ3n) is 4.69. The average molecular weight is 522 g/mol. The molecule has 0 spiro atoms. The molecule has 0 aliphatic carbocycles. The summed E-state index contributed by atoms with van der Waals surface area (Å²) in [6.07, 6.45) is 2.43. The standard InChI is InChI=1S/C21H26N6O2.HI/c1-4-22-20(23-13-18-25-19(27-26-18)17-10-7-11-28-17)24-15-12-21(2,3)29-16-9-6-5-8-14(15)16;/h5-11,15H,4,12-13H2,1-3H3,(H2,22,23,24)(H,25,26,27);1H. The Morgan fingerprint density at radius 1 is 1.27 bits per heavy atom. The number of fused-ring (bicyclic) bond motifs is 1. The van der Waals surface area contributed by atoms with Gasteiger partial charge in [-0.15, -0.1) is 29.1 Å². The van der Waals surface area contributed by atoms with Crippen molar-refractivity contribution in [1.29, 1.82) is 0 Å². The average Bonchev–Trinajstić information content (AvgIpc) is 3.37. The Morgan fingerprint density at radius 2 is 2.10 bits per heavy atom. The monoisotopic (exact) mass is 522 g/mol. The number of nitrogens with zero attached hydrogens (tertiary/aromatic N) is 3. The number of aromatic amines is 1. The van der Waals surface area contributed by atoms with E-state index in [-0.39, 0.29) is 35.6 Å². The summed E-state index contributed by atoms with van der Waals surface area (Å²) in [4.78, 5) is 9.13. The molecule has 1 aliphatic heterocycles. The minimum atomic E-state index is -0.258. The Balaban J connectivity index is 0.00000256. The van der Waals surface area contributed by atoms with E-state index in [2.05, 4.69) is 50.7 Å². The Hall–Kier alpha value is -2.56. The van der Waals surface area contributed by atoms with Crippen molar-refractivity contribution in [2.75, 3.05) is 6.54 Å². The van der Waals surface area contributed by atoms with E-state index >= 15 is 0 Å². The second kappa shape index (κ2) is 9.50. The van der Waals surface area contributed by atoms with Gasteiger partial charge >= 0.3 is 0 Å². The van der Waals surface area contributed by atoms with Gasteiger partial charge in [-0.05, 0) is 39.0 Å². The number of rotatable bonds is 5. The van der Waals surface area contributed by atoms with Gasteiger partial charge in [0.25, 0.3) is 0 Å². The summed E-state index contributed by atoms with van der Waals surface area (Å²) in [5.74, 6) is 3.46. The molecule has 8 nitrogen and oxygen atoms in total. The second-order valence-corrected chi connectivity index (χ2v) is 7.58. The number of hydrogen-bond donors (Lipinski definition) is 3. The van der Waals surface area contributed by atoms with Gasteiger partial charge in [0.15, 0.2) is 11.7 Å². The van der Waals surface area contributed by atoms with Gasteiger partial charge in [-0.3, -0.25) is 5.10 Å². The number of aliphatic imine (C=N–C) groups is 1. The van der Waals surface area contributed by atoms with E-state index < -0.39 is 0 Å². The van der Waals surface area contributed by atoms with Gasteiger partial charge in [-0.25, -0.2) is 9.98 Å². The smallest absolute Gasteiger partial charge is 0.216 e. The maximum atomic E-state index is 6.13. The zero-order valence-corrected chi connectivity index (χ0v) is 19.6. The lowest BCUT2D eigenvalue weighted by Crippen LogP contribution is -2.45. The Kier molecular flexibility index (Phi) is 7.01. The molecule has 1 aromatic carbocycles. The Morgan fingerprint density at radius 3 is 2.87 bits per heavy atom. The van der Waals surface area contributed by atoms with Crippen LogP contribution in [-0.2, 0) is 6.54 Å². The summed E-state index contributed by atoms with van der Waals surface area (Å²) in [5, 5.41) is 14.0. The number of nitrogens with one attached hydrogen (secondary N) is 3. The molecule has 1 unspecified atom stereocenters. The number of benzene rings is 1. The first kappa shape index (κ1) is 22.1. The lowest BCUT2D eigenvalue weighted by atomic mass is 9.90. The lowest BCUT2D eigenvalue weighted by molar-refractivity contribution is 0.0694. The van der Waals surface area contributed by atoms with E-state index in [0.29, 0.717) is 24.0 Å². The van der Waals surface area contributed by atoms with Crippen molar-refractivity contribution in [2.45, 2.75) is 45.4 Å². The van der Waals surface area contributed by atoms with E-state index in [9.17, 15) is 0 Å². The van der Waals surface area contributed by atoms with Gasteiger partial charge in [0, 0.05) is 18.5 Å². The van der Waals surface area contributed by atoms with Gasteiger partial charge in [0.1, 0.15) is 23.7 Å². The van der Waals surface area contributed by atoms with Crippen molar-refractivity contribution in [3.05, 3.63) is 54.0 Å². The van der Waals surface area contributed by atoms with Crippen molar-refractivity contribution in [3.63, 3.8) is 0 Å². The van der Waals surface area contributed by atoms with Crippen LogP contribution in [0.1, 0.15) is 44.6 Å². The largest absolute Gasteiger partial charge is 0.487 e. The van der Waals surface area contributed by atoms with Gasteiger partial charge in [-0.1, -0.05) is 18.2 Å². The second-order valence-electron chi connectivity index (χ2n) is 7.58. The fourth-order valence-electron chi connectivity index (χ4n) is 3.45. The summed E-state index contributed by atoms with van der Waals surface area (Å²) in [7, 11) is 0. The molecule has 160 valence electrons. The van der Waals surface area contributed by atoms with Crippen LogP contribution in [0, 0.1) is 0 Å². The van der Waals surface area contributed by atoms with Crippen LogP contribution < -0.4 is 15.4 Å². The predicted molar refractivity (Wildman–Crippen MR) is 126 cm³/mol. The molecule has 1 atom stereocenters. The summed E-state index contributed by atoms with van der Waals surface area (Å²) < 4.78 is 11.5. The lowest BCUT2D eigenvalue weighted by Gasteiger charge is -2.38. The molecule has 0 bridgehead atoms. The Bertz CT molecular complexity index is 983. The highest BCUT2D eigenvalue weighted by Crippen LogP contribution is 2.39. The van der Waals surface area contributed by atoms with E-state index in [0.717, 1.165) is 30.2 Å². The van der Waals surface area contributed by atoms with E-state index in [1.807, 2.05) is 37.3 Å². The van der Waals surface area contributed by atoms with Crippen molar-refractivity contribution in [1.82, 2.24) is 25.8 Å². The molecule has 2 aromatic heterocycles. The fourth-order valence-corrected chi connectivity index (χ4v) is 3.45. The molecule has 30 heavy (non-hydrogen) atoms. The molecule has 0 saturated carbocycles. The summed E-state index contributed by atoms with van der Waals surface area (Å²) in [6.45, 7) is 7.38. The third kappa shape index (κ3) is 5.13. The first-order chi connectivity index (χ1) is 14.0. The molecule has 3 N–H and O–H groups in total. The number of H-pyrrole nitrogens is 1. The molecular formula is C21H27IN6O2. The van der Waals surface area contributed by atoms with Gasteiger partial charge in [0.2, 0.25) is 5.82 Å². The molecular weight excluding hydrogens is 495 g/mol. The predicted octanol–water partition coefficient (Wildman–Crippen LogP) is 4.04. The number of halogens is 1. The van der Waals surface area contributed by atoms with Crippen molar-refractivity contribution < 1.29 is 9.15 Å². The normalized spacial score (nSPS) is 17.4. The first-order valence-corrected chi connectivity index (χ1v) is 9.82. The highest BCUT2D eigenvalue weighted by molar-refractivity contribution is 14.0. The van der Waals surface area contributed by atoms with E-state index in [1.165, 1.54) is 0 Å². The quantitative estimate of drug-likeness (QED) is 0.266. The maximum Gasteiger partial charge on any atom is 0.216 e. The summed E-state index contributed by atoms with van der Waals surface area (Å²) in [6, 6.07) is 11.9. The van der Waals surface area contributed by atoms with Crippen LogP contribution in [0.3, 0.4) is 0 Å². The van der Waals surface area contributed by atoms with Crippen LogP contribution >= 0.6 is 24.0 Å². The zero-order chi connectivity index (χ0) is 20.3. The molecule has 3 aromatic rings. The van der Waals surface area contributed by atoms with Gasteiger partial charge in [-0.2, -0.15) is 0 Å². The first-order valence-electron chi connectivity index (χ1n) is 9.82. The number of furan rings is 1. The topological polar surface area (TPSA) is 100 Å². The molecule has 0 saturated heterocycles. The van der Waals surface area contributed by atoms with Crippen LogP contribution in [0.5, 0.6) is 5.75 Å². The Labute approximate surface area is 192 Å². The SMILES string of the molecule is CCNC(=NCc1nc(-c2ccco2)n[nH]1)NC1CC(C)(C)Oc2ccccc21.I. The molecule has 1 aliphatic rings. The highest BCUT2D eigenvalue weighted by Gasteiger charge is 2.33. The molecule has 4 rings (SSSR count). The van der Waals surface area contributed by atoms with Crippen LogP contribution in [0.4, 0.5) is 0 Å². The van der Waals surface area contributed by atoms with Crippen LogP contribution in [0.15, 0.2) is 52.1 Å². The summed E-state index contributed by atoms with van der Waals surface area (Å²) >= 11 is 0. The van der Waals surface area contributed by atoms with Crippen molar-refractivity contribution in [2.24, 2.45) is 4.99 Å². The van der Waals surface area contributed by atoms with Gasteiger partial charge in [0.05, 0.1) is 12.3 Å². The van der Waals surface area contributed by atoms with E-state index in [1.54, 1.807) is 6.26 Å². The molecule has 0 fully saturated rings. The number of ether oxygens (including phenoxy) is 1. The minimum absolute atomic E-state index is 0. The molecule has 0 amide bonds. The highest BCUT2D eigenvalue weighted by atomic mass is 127. The van der Waals surface area contributed by atoms with Crippen LogP contribution in [0.25, 0.3) is 11.6 Å².